The van der Waals surface area contributed by atoms with Crippen molar-refractivity contribution < 1.29 is 4.42 Å². The molecule has 90 valence electrons. The van der Waals surface area contributed by atoms with Gasteiger partial charge in [0.15, 0.2) is 0 Å². The van der Waals surface area contributed by atoms with Gasteiger partial charge in [0.1, 0.15) is 11.3 Å². The van der Waals surface area contributed by atoms with Crippen molar-refractivity contribution in [3.63, 3.8) is 0 Å². The second-order valence-corrected chi connectivity index (χ2v) is 5.41. The lowest BCUT2D eigenvalue weighted by Gasteiger charge is -2.16. The molecule has 1 aliphatic heterocycles. The molecule has 0 N–H and O–H groups in total. The Labute approximate surface area is 109 Å². The largest absolute Gasteiger partial charge is 0.455 e. The van der Waals surface area contributed by atoms with E-state index < -0.39 is 0 Å². The van der Waals surface area contributed by atoms with Crippen LogP contribution in [0.1, 0.15) is 12.2 Å². The van der Waals surface area contributed by atoms with E-state index in [-0.39, 0.29) is 10.7 Å². The van der Waals surface area contributed by atoms with E-state index in [1.54, 1.807) is 11.8 Å². The van der Waals surface area contributed by atoms with Gasteiger partial charge in [0.2, 0.25) is 5.43 Å². The van der Waals surface area contributed by atoms with Crippen molar-refractivity contribution in [2.75, 3.05) is 0 Å². The summed E-state index contributed by atoms with van der Waals surface area (Å²) in [5.41, 5.74) is 0.712. The number of fused-ring (bicyclic) bond motifs is 2. The summed E-state index contributed by atoms with van der Waals surface area (Å²) in [5, 5.41) is 0.926. The molecule has 2 heterocycles. The minimum Gasteiger partial charge on any atom is -0.455 e. The van der Waals surface area contributed by atoms with Gasteiger partial charge in [0, 0.05) is 5.25 Å². The average molecular weight is 256 g/mol. The molecule has 18 heavy (non-hydrogen) atoms. The van der Waals surface area contributed by atoms with Crippen LogP contribution in [0.5, 0.6) is 0 Å². The third-order valence-electron chi connectivity index (χ3n) is 2.91. The number of allylic oxidation sites excluding steroid dienone is 1. The molecular formula is C15H12O2S. The minimum atomic E-state index is 0.0651. The van der Waals surface area contributed by atoms with Gasteiger partial charge in [0.05, 0.1) is 10.3 Å². The Kier molecular flexibility index (Phi) is 2.84. The third kappa shape index (κ3) is 1.81. The molecule has 0 aliphatic carbocycles. The molecule has 1 aromatic carbocycles. The number of rotatable bonds is 2. The van der Waals surface area contributed by atoms with Gasteiger partial charge in [0.25, 0.3) is 0 Å². The van der Waals surface area contributed by atoms with Crippen molar-refractivity contribution in [2.45, 2.75) is 16.6 Å². The van der Waals surface area contributed by atoms with Gasteiger partial charge in [-0.05, 0) is 24.6 Å². The highest BCUT2D eigenvalue weighted by Gasteiger charge is 2.20. The quantitative estimate of drug-likeness (QED) is 0.764. The van der Waals surface area contributed by atoms with Gasteiger partial charge in [-0.2, -0.15) is 0 Å². The molecule has 1 atom stereocenters. The fraction of sp³-hybridized carbons (Fsp3) is 0.133. The first-order chi connectivity index (χ1) is 8.79. The zero-order chi connectivity index (χ0) is 12.5. The zero-order valence-electron chi connectivity index (χ0n) is 9.76. The highest BCUT2D eigenvalue weighted by atomic mass is 32.2. The van der Waals surface area contributed by atoms with Crippen molar-refractivity contribution in [2.24, 2.45) is 0 Å². The van der Waals surface area contributed by atoms with Crippen LogP contribution in [-0.4, -0.2) is 5.25 Å². The summed E-state index contributed by atoms with van der Waals surface area (Å²) in [5.74, 6) is 0.670. The van der Waals surface area contributed by atoms with Crippen molar-refractivity contribution in [1.29, 1.82) is 0 Å². The molecule has 1 aliphatic rings. The molecule has 0 amide bonds. The van der Waals surface area contributed by atoms with E-state index in [9.17, 15) is 4.79 Å². The Bertz CT molecular complexity index is 697. The maximum Gasteiger partial charge on any atom is 0.206 e. The van der Waals surface area contributed by atoms with Crippen LogP contribution in [0.3, 0.4) is 0 Å². The molecule has 3 heteroatoms. The fourth-order valence-corrected chi connectivity index (χ4v) is 3.17. The standard InChI is InChI=1S/C15H12O2S/c1-2-5-10-8-9-13-15(18-10)14(16)11-6-3-4-7-12(11)17-13/h2-4,6-10H,1,5H2. The molecule has 3 rings (SSSR count). The van der Waals surface area contributed by atoms with Crippen LogP contribution in [0, 0.1) is 0 Å². The molecular weight excluding hydrogens is 244 g/mol. The van der Waals surface area contributed by atoms with Crippen LogP contribution in [0.15, 0.2) is 57.1 Å². The van der Waals surface area contributed by atoms with Crippen LogP contribution < -0.4 is 5.43 Å². The smallest absolute Gasteiger partial charge is 0.206 e. The monoisotopic (exact) mass is 256 g/mol. The highest BCUT2D eigenvalue weighted by molar-refractivity contribution is 8.00. The Hall–Kier alpha value is -1.74. The first kappa shape index (κ1) is 11.4. The molecule has 0 saturated heterocycles. The second-order valence-electron chi connectivity index (χ2n) is 4.16. The Balaban J connectivity index is 2.19. The number of para-hydroxylation sites is 1. The molecule has 0 saturated carbocycles. The van der Waals surface area contributed by atoms with Gasteiger partial charge in [-0.25, -0.2) is 0 Å². The van der Waals surface area contributed by atoms with Gasteiger partial charge < -0.3 is 4.42 Å². The molecule has 0 fully saturated rings. The van der Waals surface area contributed by atoms with Gasteiger partial charge in [-0.3, -0.25) is 4.79 Å². The van der Waals surface area contributed by atoms with Crippen LogP contribution >= 0.6 is 11.8 Å². The molecule has 0 spiro atoms. The van der Waals surface area contributed by atoms with E-state index >= 15 is 0 Å². The molecule has 0 bridgehead atoms. The lowest BCUT2D eigenvalue weighted by atomic mass is 10.2. The first-order valence-corrected chi connectivity index (χ1v) is 6.69. The maximum atomic E-state index is 12.4. The fourth-order valence-electron chi connectivity index (χ4n) is 2.04. The lowest BCUT2D eigenvalue weighted by Crippen LogP contribution is -2.12. The summed E-state index contributed by atoms with van der Waals surface area (Å²) in [7, 11) is 0. The second kappa shape index (κ2) is 4.50. The van der Waals surface area contributed by atoms with Crippen LogP contribution in [-0.2, 0) is 0 Å². The summed E-state index contributed by atoms with van der Waals surface area (Å²) >= 11 is 1.56. The number of hydrogen-bond acceptors (Lipinski definition) is 3. The van der Waals surface area contributed by atoms with Crippen molar-refractivity contribution >= 4 is 28.8 Å². The summed E-state index contributed by atoms with van der Waals surface area (Å²) in [4.78, 5) is 13.1. The highest BCUT2D eigenvalue weighted by Crippen LogP contribution is 2.34. The summed E-state index contributed by atoms with van der Waals surface area (Å²) in [6.07, 6.45) is 6.68. The summed E-state index contributed by atoms with van der Waals surface area (Å²) < 4.78 is 5.76. The van der Waals surface area contributed by atoms with E-state index in [0.717, 1.165) is 6.42 Å². The van der Waals surface area contributed by atoms with Gasteiger partial charge in [-0.1, -0.05) is 24.3 Å². The van der Waals surface area contributed by atoms with Crippen molar-refractivity contribution in [1.82, 2.24) is 0 Å². The normalized spacial score (nSPS) is 17.7. The summed E-state index contributed by atoms with van der Waals surface area (Å²) in [6, 6.07) is 7.36. The van der Waals surface area contributed by atoms with E-state index in [1.165, 1.54) is 0 Å². The van der Waals surface area contributed by atoms with E-state index in [0.29, 0.717) is 21.6 Å². The molecule has 1 aromatic heterocycles. The van der Waals surface area contributed by atoms with E-state index in [4.69, 9.17) is 4.42 Å². The maximum absolute atomic E-state index is 12.4. The summed E-state index contributed by atoms with van der Waals surface area (Å²) in [6.45, 7) is 3.73. The van der Waals surface area contributed by atoms with Gasteiger partial charge >= 0.3 is 0 Å². The predicted octanol–water partition coefficient (Wildman–Crippen LogP) is 3.86. The van der Waals surface area contributed by atoms with Crippen molar-refractivity contribution in [3.05, 3.63) is 59.0 Å². The van der Waals surface area contributed by atoms with E-state index in [2.05, 4.69) is 12.7 Å². The molecule has 2 aromatic rings. The molecule has 0 radical (unpaired) electrons. The Morgan fingerprint density at radius 2 is 2.22 bits per heavy atom. The Morgan fingerprint density at radius 3 is 3.06 bits per heavy atom. The minimum absolute atomic E-state index is 0.0651. The van der Waals surface area contributed by atoms with E-state index in [1.807, 2.05) is 36.4 Å². The Morgan fingerprint density at radius 1 is 1.39 bits per heavy atom. The van der Waals surface area contributed by atoms with Crippen LogP contribution in [0.4, 0.5) is 0 Å². The first-order valence-electron chi connectivity index (χ1n) is 5.81. The SMILES string of the molecule is C=CCC1C=Cc2oc3ccccc3c(=O)c2S1. The van der Waals surface area contributed by atoms with Gasteiger partial charge in [-0.15, -0.1) is 18.3 Å². The topological polar surface area (TPSA) is 30.2 Å². The van der Waals surface area contributed by atoms with Crippen LogP contribution in [0.2, 0.25) is 0 Å². The van der Waals surface area contributed by atoms with Crippen molar-refractivity contribution in [3.8, 4) is 0 Å². The third-order valence-corrected chi connectivity index (χ3v) is 4.19. The van der Waals surface area contributed by atoms with Crippen LogP contribution in [0.25, 0.3) is 17.0 Å². The number of benzene rings is 1. The number of thioether (sulfide) groups is 1. The molecule has 1 unspecified atom stereocenters. The lowest BCUT2D eigenvalue weighted by molar-refractivity contribution is 0.573. The zero-order valence-corrected chi connectivity index (χ0v) is 10.6. The predicted molar refractivity (Wildman–Crippen MR) is 76.0 cm³/mol. The number of hydrogen-bond donors (Lipinski definition) is 0. The average Bonchev–Trinajstić information content (AvgIpc) is 2.40. The molecule has 2 nitrogen and oxygen atoms in total.